The molecule has 3 N–H and O–H groups in total. The first-order valence-corrected chi connectivity index (χ1v) is 7.86. The molecule has 2 aromatic rings. The molecule has 26 heavy (non-hydrogen) atoms. The molecular formula is C18H24Cl2N4O2. The summed E-state index contributed by atoms with van der Waals surface area (Å²) in [5.41, 5.74) is 2.79. The Hall–Kier alpha value is -2.15. The van der Waals surface area contributed by atoms with Gasteiger partial charge >= 0.3 is 0 Å². The molecule has 0 saturated carbocycles. The van der Waals surface area contributed by atoms with Crippen LogP contribution in [-0.4, -0.2) is 30.4 Å². The fourth-order valence-electron chi connectivity index (χ4n) is 2.18. The van der Waals surface area contributed by atoms with Crippen molar-refractivity contribution in [1.29, 1.82) is 0 Å². The van der Waals surface area contributed by atoms with Gasteiger partial charge in [-0.25, -0.2) is 0 Å². The van der Waals surface area contributed by atoms with E-state index in [1.54, 1.807) is 30.6 Å². The SMILES string of the molecule is CNCCCC(=O)Nc1ccc(C)c(NC(=O)c2ccncc2)c1.Cl.Cl. The largest absolute Gasteiger partial charge is 0.326 e. The highest BCUT2D eigenvalue weighted by atomic mass is 35.5. The van der Waals surface area contributed by atoms with E-state index in [2.05, 4.69) is 20.9 Å². The molecular weight excluding hydrogens is 375 g/mol. The number of amides is 2. The first-order chi connectivity index (χ1) is 11.6. The summed E-state index contributed by atoms with van der Waals surface area (Å²) in [6, 6.07) is 8.76. The zero-order valence-electron chi connectivity index (χ0n) is 14.7. The number of carbonyl (C=O) groups is 2. The van der Waals surface area contributed by atoms with Crippen LogP contribution in [0.2, 0.25) is 0 Å². The number of nitrogens with one attached hydrogen (secondary N) is 3. The molecule has 0 fully saturated rings. The zero-order valence-corrected chi connectivity index (χ0v) is 16.4. The number of carbonyl (C=O) groups excluding carboxylic acids is 2. The normalized spacial score (nSPS) is 9.46. The Morgan fingerprint density at radius 2 is 1.73 bits per heavy atom. The van der Waals surface area contributed by atoms with Crippen molar-refractivity contribution >= 4 is 48.0 Å². The summed E-state index contributed by atoms with van der Waals surface area (Å²) in [5, 5.41) is 8.73. The van der Waals surface area contributed by atoms with E-state index < -0.39 is 0 Å². The molecule has 0 atom stereocenters. The molecule has 0 bridgehead atoms. The monoisotopic (exact) mass is 398 g/mol. The van der Waals surface area contributed by atoms with Crippen LogP contribution in [0, 0.1) is 6.92 Å². The van der Waals surface area contributed by atoms with E-state index in [1.165, 1.54) is 0 Å². The molecule has 0 spiro atoms. The van der Waals surface area contributed by atoms with E-state index >= 15 is 0 Å². The van der Waals surface area contributed by atoms with Crippen molar-refractivity contribution in [3.8, 4) is 0 Å². The van der Waals surface area contributed by atoms with Crippen LogP contribution in [0.15, 0.2) is 42.7 Å². The second kappa shape index (κ2) is 12.2. The van der Waals surface area contributed by atoms with Crippen LogP contribution < -0.4 is 16.0 Å². The minimum Gasteiger partial charge on any atom is -0.326 e. The van der Waals surface area contributed by atoms with Gasteiger partial charge in [0, 0.05) is 35.8 Å². The zero-order chi connectivity index (χ0) is 17.4. The first kappa shape index (κ1) is 23.9. The van der Waals surface area contributed by atoms with Crippen LogP contribution in [-0.2, 0) is 4.79 Å². The summed E-state index contributed by atoms with van der Waals surface area (Å²) < 4.78 is 0. The smallest absolute Gasteiger partial charge is 0.255 e. The quantitative estimate of drug-likeness (QED) is 0.623. The maximum absolute atomic E-state index is 12.2. The van der Waals surface area contributed by atoms with E-state index in [0.29, 0.717) is 23.4 Å². The molecule has 0 saturated heterocycles. The predicted octanol–water partition coefficient (Wildman–Crippen LogP) is 3.42. The standard InChI is InChI=1S/C18H22N4O2.2ClH/c1-13-5-6-15(21-17(23)4-3-9-19-2)12-16(13)22-18(24)14-7-10-20-11-8-14;;/h5-8,10-12,19H,3-4,9H2,1-2H3,(H,21,23)(H,22,24);2*1H. The number of nitrogens with zero attached hydrogens (tertiary/aromatic N) is 1. The molecule has 0 radical (unpaired) electrons. The van der Waals surface area contributed by atoms with Crippen molar-refractivity contribution in [2.45, 2.75) is 19.8 Å². The average molecular weight is 399 g/mol. The van der Waals surface area contributed by atoms with Gasteiger partial charge in [0.1, 0.15) is 0 Å². The van der Waals surface area contributed by atoms with Crippen LogP contribution in [0.4, 0.5) is 11.4 Å². The Bertz CT molecular complexity index is 712. The van der Waals surface area contributed by atoms with Crippen molar-refractivity contribution in [2.75, 3.05) is 24.2 Å². The molecule has 1 heterocycles. The number of pyridine rings is 1. The van der Waals surface area contributed by atoms with Crippen molar-refractivity contribution in [1.82, 2.24) is 10.3 Å². The van der Waals surface area contributed by atoms with Crippen LogP contribution in [0.25, 0.3) is 0 Å². The number of aromatic nitrogens is 1. The molecule has 142 valence electrons. The maximum atomic E-state index is 12.2. The van der Waals surface area contributed by atoms with Gasteiger partial charge in [-0.3, -0.25) is 14.6 Å². The van der Waals surface area contributed by atoms with E-state index in [-0.39, 0.29) is 36.6 Å². The van der Waals surface area contributed by atoms with Crippen LogP contribution in [0.3, 0.4) is 0 Å². The Balaban J connectivity index is 0.00000312. The van der Waals surface area contributed by atoms with E-state index in [0.717, 1.165) is 18.5 Å². The van der Waals surface area contributed by atoms with Crippen molar-refractivity contribution in [2.24, 2.45) is 0 Å². The number of halogens is 2. The van der Waals surface area contributed by atoms with E-state index in [4.69, 9.17) is 0 Å². The third-order valence-electron chi connectivity index (χ3n) is 3.54. The number of rotatable bonds is 7. The van der Waals surface area contributed by atoms with Crippen LogP contribution in [0.5, 0.6) is 0 Å². The van der Waals surface area contributed by atoms with Crippen LogP contribution >= 0.6 is 24.8 Å². The highest BCUT2D eigenvalue weighted by Crippen LogP contribution is 2.21. The number of hydrogen-bond acceptors (Lipinski definition) is 4. The number of aryl methyl sites for hydroxylation is 1. The lowest BCUT2D eigenvalue weighted by Crippen LogP contribution is -2.16. The van der Waals surface area contributed by atoms with Gasteiger partial charge in [-0.1, -0.05) is 6.07 Å². The maximum Gasteiger partial charge on any atom is 0.255 e. The molecule has 0 aliphatic heterocycles. The van der Waals surface area contributed by atoms with Gasteiger partial charge in [-0.2, -0.15) is 0 Å². The number of hydrogen-bond donors (Lipinski definition) is 3. The minimum absolute atomic E-state index is 0. The summed E-state index contributed by atoms with van der Waals surface area (Å²) in [7, 11) is 1.86. The molecule has 2 amide bonds. The molecule has 8 heteroatoms. The summed E-state index contributed by atoms with van der Waals surface area (Å²) in [4.78, 5) is 28.0. The summed E-state index contributed by atoms with van der Waals surface area (Å²) in [5.74, 6) is -0.251. The highest BCUT2D eigenvalue weighted by Gasteiger charge is 2.09. The molecule has 2 rings (SSSR count). The lowest BCUT2D eigenvalue weighted by atomic mass is 10.1. The fraction of sp³-hybridized carbons (Fsp3) is 0.278. The third-order valence-corrected chi connectivity index (χ3v) is 3.54. The van der Waals surface area contributed by atoms with Crippen molar-refractivity contribution in [3.63, 3.8) is 0 Å². The molecule has 0 aliphatic rings. The minimum atomic E-state index is -0.210. The van der Waals surface area contributed by atoms with Gasteiger partial charge in [-0.05, 0) is 56.8 Å². The van der Waals surface area contributed by atoms with E-state index in [9.17, 15) is 9.59 Å². The average Bonchev–Trinajstić information content (AvgIpc) is 2.59. The highest BCUT2D eigenvalue weighted by molar-refractivity contribution is 6.05. The van der Waals surface area contributed by atoms with Crippen molar-refractivity contribution in [3.05, 3.63) is 53.9 Å². The summed E-state index contributed by atoms with van der Waals surface area (Å²) >= 11 is 0. The number of anilines is 2. The summed E-state index contributed by atoms with van der Waals surface area (Å²) in [6.45, 7) is 2.70. The predicted molar refractivity (Wildman–Crippen MR) is 110 cm³/mol. The van der Waals surface area contributed by atoms with E-state index in [1.807, 2.05) is 26.1 Å². The molecule has 0 unspecified atom stereocenters. The summed E-state index contributed by atoms with van der Waals surface area (Å²) in [6.07, 6.45) is 4.38. The molecule has 1 aromatic carbocycles. The second-order valence-corrected chi connectivity index (χ2v) is 5.47. The number of benzene rings is 1. The first-order valence-electron chi connectivity index (χ1n) is 7.86. The van der Waals surface area contributed by atoms with Crippen molar-refractivity contribution < 1.29 is 9.59 Å². The lowest BCUT2D eigenvalue weighted by Gasteiger charge is -2.12. The van der Waals surface area contributed by atoms with Gasteiger partial charge in [0.25, 0.3) is 5.91 Å². The second-order valence-electron chi connectivity index (χ2n) is 5.47. The third kappa shape index (κ3) is 7.39. The molecule has 1 aromatic heterocycles. The van der Waals surface area contributed by atoms with Gasteiger partial charge < -0.3 is 16.0 Å². The fourth-order valence-corrected chi connectivity index (χ4v) is 2.18. The Morgan fingerprint density at radius 3 is 2.38 bits per heavy atom. The Morgan fingerprint density at radius 1 is 1.04 bits per heavy atom. The molecule has 6 nitrogen and oxygen atoms in total. The lowest BCUT2D eigenvalue weighted by molar-refractivity contribution is -0.116. The van der Waals surface area contributed by atoms with Gasteiger partial charge in [0.15, 0.2) is 0 Å². The Labute approximate surface area is 166 Å². The van der Waals surface area contributed by atoms with Gasteiger partial charge in [-0.15, -0.1) is 24.8 Å². The Kier molecular flexibility index (Phi) is 11.2. The van der Waals surface area contributed by atoms with Gasteiger partial charge in [0.2, 0.25) is 5.91 Å². The van der Waals surface area contributed by atoms with Crippen LogP contribution in [0.1, 0.15) is 28.8 Å². The topological polar surface area (TPSA) is 83.1 Å². The molecule has 0 aliphatic carbocycles. The van der Waals surface area contributed by atoms with Gasteiger partial charge in [0.05, 0.1) is 0 Å².